The largest absolute Gasteiger partial charge is 0.478 e. The number of benzene rings is 1. The molecule has 1 unspecified atom stereocenters. The van der Waals surface area contributed by atoms with Gasteiger partial charge in [0.1, 0.15) is 5.82 Å². The number of aromatic carboxylic acids is 1. The minimum absolute atomic E-state index is 0.0833. The number of carbonyl (C=O) groups excluding carboxylic acids is 1. The third kappa shape index (κ3) is 3.51. The van der Waals surface area contributed by atoms with Gasteiger partial charge >= 0.3 is 5.97 Å². The van der Waals surface area contributed by atoms with E-state index in [0.717, 1.165) is 6.07 Å². The maximum absolute atomic E-state index is 13.6. The highest BCUT2D eigenvalue weighted by Crippen LogP contribution is 2.20. The van der Waals surface area contributed by atoms with Gasteiger partial charge in [0.25, 0.3) is 0 Å². The number of nitrogens with two attached hydrogens (primary N) is 1. The van der Waals surface area contributed by atoms with Crippen LogP contribution in [0.25, 0.3) is 0 Å². The molecule has 104 valence electrons. The van der Waals surface area contributed by atoms with Crippen LogP contribution in [0.4, 0.5) is 10.1 Å². The summed E-state index contributed by atoms with van der Waals surface area (Å²) < 4.78 is 13.6. The summed E-state index contributed by atoms with van der Waals surface area (Å²) in [6, 6.07) is 2.75. The lowest BCUT2D eigenvalue weighted by Gasteiger charge is -2.18. The second kappa shape index (κ2) is 6.29. The molecule has 0 spiro atoms. The average molecular weight is 268 g/mol. The van der Waals surface area contributed by atoms with Crippen LogP contribution in [0.5, 0.6) is 0 Å². The van der Waals surface area contributed by atoms with E-state index in [1.54, 1.807) is 6.92 Å². The van der Waals surface area contributed by atoms with E-state index < -0.39 is 23.7 Å². The number of anilines is 1. The Bertz CT molecular complexity index is 491. The third-order valence-electron chi connectivity index (χ3n) is 3.05. The van der Waals surface area contributed by atoms with Gasteiger partial charge in [-0.05, 0) is 18.1 Å². The molecule has 0 heterocycles. The zero-order chi connectivity index (χ0) is 14.6. The molecular formula is C13H17FN2O3. The average Bonchev–Trinajstić information content (AvgIpc) is 2.38. The van der Waals surface area contributed by atoms with Crippen LogP contribution in [-0.4, -0.2) is 23.0 Å². The number of carboxylic acid groups (broad SMARTS) is 1. The molecule has 2 atom stereocenters. The van der Waals surface area contributed by atoms with Crippen molar-refractivity contribution in [3.63, 3.8) is 0 Å². The van der Waals surface area contributed by atoms with Crippen LogP contribution in [0.2, 0.25) is 0 Å². The van der Waals surface area contributed by atoms with Crippen LogP contribution in [-0.2, 0) is 4.79 Å². The molecule has 1 rings (SSSR count). The Balaban J connectivity index is 2.99. The minimum Gasteiger partial charge on any atom is -0.478 e. The second-order valence-corrected chi connectivity index (χ2v) is 4.37. The van der Waals surface area contributed by atoms with Crippen molar-refractivity contribution in [1.29, 1.82) is 0 Å². The first-order valence-electron chi connectivity index (χ1n) is 5.96. The van der Waals surface area contributed by atoms with E-state index in [1.807, 2.05) is 6.92 Å². The Labute approximate surface area is 110 Å². The molecule has 0 aromatic heterocycles. The number of halogens is 1. The monoisotopic (exact) mass is 268 g/mol. The van der Waals surface area contributed by atoms with Crippen molar-refractivity contribution in [2.24, 2.45) is 11.7 Å². The quantitative estimate of drug-likeness (QED) is 0.759. The fraction of sp³-hybridized carbons (Fsp3) is 0.385. The maximum atomic E-state index is 13.6. The van der Waals surface area contributed by atoms with E-state index in [0.29, 0.717) is 6.42 Å². The van der Waals surface area contributed by atoms with E-state index in [-0.39, 0.29) is 17.2 Å². The molecule has 0 aliphatic rings. The Morgan fingerprint density at radius 1 is 1.47 bits per heavy atom. The molecular weight excluding hydrogens is 251 g/mol. The summed E-state index contributed by atoms with van der Waals surface area (Å²) in [5.74, 6) is -2.79. The van der Waals surface area contributed by atoms with Gasteiger partial charge < -0.3 is 16.2 Å². The van der Waals surface area contributed by atoms with Crippen LogP contribution in [0, 0.1) is 11.7 Å². The first-order valence-corrected chi connectivity index (χ1v) is 5.96. The van der Waals surface area contributed by atoms with Gasteiger partial charge in [-0.25, -0.2) is 9.18 Å². The molecule has 0 aliphatic heterocycles. The van der Waals surface area contributed by atoms with E-state index in [4.69, 9.17) is 10.8 Å². The Kier molecular flexibility index (Phi) is 5.00. The van der Waals surface area contributed by atoms with Crippen molar-refractivity contribution in [3.05, 3.63) is 29.6 Å². The summed E-state index contributed by atoms with van der Waals surface area (Å²) in [6.07, 6.45) is 0.692. The number of hydrogen-bond donors (Lipinski definition) is 3. The molecule has 5 nitrogen and oxygen atoms in total. The number of hydrogen-bond acceptors (Lipinski definition) is 3. The zero-order valence-electron chi connectivity index (χ0n) is 10.8. The highest BCUT2D eigenvalue weighted by atomic mass is 19.1. The second-order valence-electron chi connectivity index (χ2n) is 4.37. The molecule has 0 saturated carbocycles. The Morgan fingerprint density at radius 2 is 2.11 bits per heavy atom. The number of carbonyl (C=O) groups is 2. The predicted octanol–water partition coefficient (Wildman–Crippen LogP) is 1.84. The van der Waals surface area contributed by atoms with Crippen LogP contribution >= 0.6 is 0 Å². The van der Waals surface area contributed by atoms with Crippen LogP contribution < -0.4 is 11.1 Å². The molecule has 0 saturated heterocycles. The highest BCUT2D eigenvalue weighted by Gasteiger charge is 2.23. The topological polar surface area (TPSA) is 92.4 Å². The fourth-order valence-electron chi connectivity index (χ4n) is 1.55. The lowest BCUT2D eigenvalue weighted by atomic mass is 9.99. The van der Waals surface area contributed by atoms with Crippen molar-refractivity contribution >= 4 is 17.6 Å². The van der Waals surface area contributed by atoms with Crippen molar-refractivity contribution in [1.82, 2.24) is 0 Å². The standard InChI is InChI=1S/C13H17FN2O3/c1-3-7(2)10(15)12(17)16-11-8(13(18)19)5-4-6-9(11)14/h4-7,10H,3,15H2,1-2H3,(H,16,17)(H,18,19)/t7?,10-/m0/s1. The molecule has 0 aliphatic carbocycles. The summed E-state index contributed by atoms with van der Waals surface area (Å²) in [4.78, 5) is 22.8. The molecule has 1 aromatic rings. The first-order chi connectivity index (χ1) is 8.88. The first kappa shape index (κ1) is 15.1. The van der Waals surface area contributed by atoms with E-state index in [2.05, 4.69) is 5.32 Å². The van der Waals surface area contributed by atoms with Gasteiger partial charge in [0, 0.05) is 0 Å². The van der Waals surface area contributed by atoms with Gasteiger partial charge in [-0.2, -0.15) is 0 Å². The highest BCUT2D eigenvalue weighted by molar-refractivity contribution is 6.02. The van der Waals surface area contributed by atoms with Gasteiger partial charge in [-0.1, -0.05) is 26.3 Å². The van der Waals surface area contributed by atoms with E-state index >= 15 is 0 Å². The van der Waals surface area contributed by atoms with E-state index in [1.165, 1.54) is 12.1 Å². The normalized spacial score (nSPS) is 13.7. The molecule has 6 heteroatoms. The van der Waals surface area contributed by atoms with Gasteiger partial charge in [0.15, 0.2) is 0 Å². The number of carboxylic acids is 1. The SMILES string of the molecule is CCC(C)[C@H](N)C(=O)Nc1c(F)cccc1C(=O)O. The predicted molar refractivity (Wildman–Crippen MR) is 69.4 cm³/mol. The molecule has 1 amide bonds. The van der Waals surface area contributed by atoms with Crippen molar-refractivity contribution in [2.75, 3.05) is 5.32 Å². The zero-order valence-corrected chi connectivity index (χ0v) is 10.8. The third-order valence-corrected chi connectivity index (χ3v) is 3.05. The van der Waals surface area contributed by atoms with Gasteiger partial charge in [-0.3, -0.25) is 4.79 Å². The minimum atomic E-state index is -1.31. The number of amides is 1. The van der Waals surface area contributed by atoms with Crippen LogP contribution in [0.15, 0.2) is 18.2 Å². The van der Waals surface area contributed by atoms with Gasteiger partial charge in [0.2, 0.25) is 5.91 Å². The maximum Gasteiger partial charge on any atom is 0.337 e. The van der Waals surface area contributed by atoms with E-state index in [9.17, 15) is 14.0 Å². The summed E-state index contributed by atoms with van der Waals surface area (Å²) in [5.41, 5.74) is 5.06. The van der Waals surface area contributed by atoms with Crippen LogP contribution in [0.1, 0.15) is 30.6 Å². The summed E-state index contributed by atoms with van der Waals surface area (Å²) in [7, 11) is 0. The Hall–Kier alpha value is -1.95. The molecule has 4 N–H and O–H groups in total. The van der Waals surface area contributed by atoms with Crippen LogP contribution in [0.3, 0.4) is 0 Å². The lowest BCUT2D eigenvalue weighted by molar-refractivity contribution is -0.118. The molecule has 1 aromatic carbocycles. The number of para-hydroxylation sites is 1. The smallest absolute Gasteiger partial charge is 0.337 e. The molecule has 0 radical (unpaired) electrons. The molecule has 19 heavy (non-hydrogen) atoms. The summed E-state index contributed by atoms with van der Waals surface area (Å²) in [5, 5.41) is 11.2. The Morgan fingerprint density at radius 3 is 2.63 bits per heavy atom. The van der Waals surface area contributed by atoms with Crippen molar-refractivity contribution in [2.45, 2.75) is 26.3 Å². The van der Waals surface area contributed by atoms with Crippen molar-refractivity contribution < 1.29 is 19.1 Å². The summed E-state index contributed by atoms with van der Waals surface area (Å²) >= 11 is 0. The fourth-order valence-corrected chi connectivity index (χ4v) is 1.55. The summed E-state index contributed by atoms with van der Waals surface area (Å²) in [6.45, 7) is 3.67. The van der Waals surface area contributed by atoms with Crippen molar-refractivity contribution in [3.8, 4) is 0 Å². The number of rotatable bonds is 5. The van der Waals surface area contributed by atoms with Gasteiger partial charge in [0.05, 0.1) is 17.3 Å². The number of nitrogens with one attached hydrogen (secondary N) is 1. The lowest BCUT2D eigenvalue weighted by Crippen LogP contribution is -2.41. The van der Waals surface area contributed by atoms with Gasteiger partial charge in [-0.15, -0.1) is 0 Å². The molecule has 0 fully saturated rings. The molecule has 0 bridgehead atoms.